The molecule has 23 heavy (non-hydrogen) atoms. The number of amides is 1. The van der Waals surface area contributed by atoms with Gasteiger partial charge in [-0.25, -0.2) is 4.79 Å². The maximum Gasteiger partial charge on any atom is 0.328 e. The third-order valence-electron chi connectivity index (χ3n) is 3.65. The fourth-order valence-electron chi connectivity index (χ4n) is 2.03. The second-order valence-corrected chi connectivity index (χ2v) is 6.04. The number of carbonyl (C=O) groups excluding carboxylic acids is 2. The molecule has 0 heterocycles. The average Bonchev–Trinajstić information content (AvgIpc) is 2.54. The van der Waals surface area contributed by atoms with Crippen LogP contribution < -0.4 is 11.1 Å². The summed E-state index contributed by atoms with van der Waals surface area (Å²) in [4.78, 5) is 24.4. The van der Waals surface area contributed by atoms with Crippen LogP contribution in [0.3, 0.4) is 0 Å². The Hall–Kier alpha value is -1.88. The minimum Gasteiger partial charge on any atom is -0.464 e. The molecular weight excluding hydrogens is 292 g/mol. The van der Waals surface area contributed by atoms with Crippen LogP contribution >= 0.6 is 0 Å². The number of hydrogen-bond donors (Lipinski definition) is 2. The molecule has 5 heteroatoms. The van der Waals surface area contributed by atoms with Gasteiger partial charge >= 0.3 is 5.97 Å². The van der Waals surface area contributed by atoms with E-state index >= 15 is 0 Å². The van der Waals surface area contributed by atoms with Crippen molar-refractivity contribution in [2.75, 3.05) is 6.61 Å². The Morgan fingerprint density at radius 1 is 1.22 bits per heavy atom. The summed E-state index contributed by atoms with van der Waals surface area (Å²) in [5.74, 6) is -0.733. The molecule has 0 bridgehead atoms. The van der Waals surface area contributed by atoms with Crippen molar-refractivity contribution >= 4 is 11.9 Å². The van der Waals surface area contributed by atoms with Crippen molar-refractivity contribution in [2.45, 2.75) is 52.1 Å². The van der Waals surface area contributed by atoms with E-state index in [1.165, 1.54) is 0 Å². The second kappa shape index (κ2) is 10.0. The maximum absolute atomic E-state index is 12.3. The maximum atomic E-state index is 12.3. The third kappa shape index (κ3) is 6.82. The van der Waals surface area contributed by atoms with Crippen molar-refractivity contribution in [3.05, 3.63) is 35.9 Å². The Balaban J connectivity index is 2.75. The molecule has 1 amide bonds. The fraction of sp³-hybridized carbons (Fsp3) is 0.556. The minimum absolute atomic E-state index is 0.00323. The summed E-state index contributed by atoms with van der Waals surface area (Å²) in [5.41, 5.74) is 6.82. The van der Waals surface area contributed by atoms with Crippen LogP contribution in [0.15, 0.2) is 30.3 Å². The topological polar surface area (TPSA) is 81.4 Å². The molecule has 0 saturated heterocycles. The van der Waals surface area contributed by atoms with Gasteiger partial charge in [-0.3, -0.25) is 4.79 Å². The summed E-state index contributed by atoms with van der Waals surface area (Å²) in [6.07, 6.45) is 2.15. The first-order chi connectivity index (χ1) is 11.0. The quantitative estimate of drug-likeness (QED) is 0.539. The van der Waals surface area contributed by atoms with Crippen LogP contribution in [-0.4, -0.2) is 30.6 Å². The first-order valence-corrected chi connectivity index (χ1v) is 8.22. The highest BCUT2D eigenvalue weighted by atomic mass is 16.5. The van der Waals surface area contributed by atoms with Crippen molar-refractivity contribution in [1.29, 1.82) is 0 Å². The van der Waals surface area contributed by atoms with Gasteiger partial charge in [0.1, 0.15) is 6.04 Å². The Bertz CT molecular complexity index is 488. The lowest BCUT2D eigenvalue weighted by molar-refractivity contribution is -0.148. The van der Waals surface area contributed by atoms with Gasteiger partial charge < -0.3 is 15.8 Å². The lowest BCUT2D eigenvalue weighted by Gasteiger charge is -2.21. The summed E-state index contributed by atoms with van der Waals surface area (Å²) >= 11 is 0. The van der Waals surface area contributed by atoms with Gasteiger partial charge in [-0.15, -0.1) is 0 Å². The highest BCUT2D eigenvalue weighted by Crippen LogP contribution is 2.07. The van der Waals surface area contributed by atoms with E-state index in [4.69, 9.17) is 10.5 Å². The van der Waals surface area contributed by atoms with Gasteiger partial charge in [0.05, 0.1) is 12.6 Å². The van der Waals surface area contributed by atoms with Gasteiger partial charge in [-0.05, 0) is 17.9 Å². The Labute approximate surface area is 138 Å². The van der Waals surface area contributed by atoms with Crippen LogP contribution in [0.4, 0.5) is 0 Å². The van der Waals surface area contributed by atoms with E-state index in [1.807, 2.05) is 51.1 Å². The van der Waals surface area contributed by atoms with Crippen LogP contribution in [0.5, 0.6) is 0 Å². The molecule has 1 aromatic rings. The van der Waals surface area contributed by atoms with Crippen molar-refractivity contribution in [2.24, 2.45) is 11.7 Å². The van der Waals surface area contributed by atoms with Gasteiger partial charge in [-0.1, -0.05) is 57.5 Å². The van der Waals surface area contributed by atoms with Gasteiger partial charge in [0.15, 0.2) is 0 Å². The normalized spacial score (nSPS) is 13.4. The van der Waals surface area contributed by atoms with E-state index in [9.17, 15) is 9.59 Å². The van der Waals surface area contributed by atoms with Gasteiger partial charge in [-0.2, -0.15) is 0 Å². The van der Waals surface area contributed by atoms with Crippen LogP contribution in [0, 0.1) is 5.92 Å². The number of ether oxygens (including phenoxy) is 1. The molecule has 0 aliphatic heterocycles. The predicted molar refractivity (Wildman–Crippen MR) is 90.8 cm³/mol. The zero-order chi connectivity index (χ0) is 17.2. The van der Waals surface area contributed by atoms with E-state index < -0.39 is 18.1 Å². The number of benzene rings is 1. The number of nitrogens with one attached hydrogen (secondary N) is 1. The van der Waals surface area contributed by atoms with Crippen LogP contribution in [0.1, 0.15) is 39.2 Å². The molecular formula is C18H28N2O3. The van der Waals surface area contributed by atoms with E-state index in [1.54, 1.807) is 0 Å². The van der Waals surface area contributed by atoms with Crippen LogP contribution in [-0.2, 0) is 20.7 Å². The number of unbranched alkanes of at least 4 members (excludes halogenated alkanes) is 1. The molecule has 3 N–H and O–H groups in total. The first-order valence-electron chi connectivity index (χ1n) is 8.22. The molecule has 0 spiro atoms. The van der Waals surface area contributed by atoms with Crippen molar-refractivity contribution in [3.8, 4) is 0 Å². The van der Waals surface area contributed by atoms with E-state index in [0.717, 1.165) is 18.4 Å². The fourth-order valence-corrected chi connectivity index (χ4v) is 2.03. The summed E-state index contributed by atoms with van der Waals surface area (Å²) in [7, 11) is 0. The van der Waals surface area contributed by atoms with Gasteiger partial charge in [0.2, 0.25) is 5.91 Å². The largest absolute Gasteiger partial charge is 0.464 e. The second-order valence-electron chi connectivity index (χ2n) is 6.04. The molecule has 0 saturated carbocycles. The van der Waals surface area contributed by atoms with Gasteiger partial charge in [0.25, 0.3) is 0 Å². The number of carbonyl (C=O) groups is 2. The molecule has 128 valence electrons. The zero-order valence-electron chi connectivity index (χ0n) is 14.2. The van der Waals surface area contributed by atoms with Gasteiger partial charge in [0, 0.05) is 6.42 Å². The monoisotopic (exact) mass is 320 g/mol. The molecule has 5 nitrogen and oxygen atoms in total. The van der Waals surface area contributed by atoms with Crippen molar-refractivity contribution < 1.29 is 14.3 Å². The lowest BCUT2D eigenvalue weighted by atomic mass is 10.0. The number of rotatable bonds is 9. The van der Waals surface area contributed by atoms with E-state index in [0.29, 0.717) is 13.0 Å². The highest BCUT2D eigenvalue weighted by Gasteiger charge is 2.26. The molecule has 0 aliphatic rings. The number of nitrogens with two attached hydrogens (primary N) is 1. The Morgan fingerprint density at radius 2 is 1.87 bits per heavy atom. The highest BCUT2D eigenvalue weighted by molar-refractivity contribution is 5.87. The summed E-state index contributed by atoms with van der Waals surface area (Å²) in [5, 5.41) is 2.73. The third-order valence-corrected chi connectivity index (χ3v) is 3.65. The molecule has 0 unspecified atom stereocenters. The standard InChI is InChI=1S/C18H28N2O3/c1-4-5-11-23-18(22)15(12-14-9-7-6-8-10-14)20-17(21)16(19)13(2)3/h6-10,13,15-16H,4-5,11-12,19H2,1-3H3,(H,20,21)/t15-,16-/m0/s1. The van der Waals surface area contributed by atoms with Crippen LogP contribution in [0.2, 0.25) is 0 Å². The molecule has 1 rings (SSSR count). The molecule has 1 aromatic carbocycles. The first kappa shape index (κ1) is 19.2. The molecule has 0 fully saturated rings. The van der Waals surface area contributed by atoms with Crippen LogP contribution in [0.25, 0.3) is 0 Å². The lowest BCUT2D eigenvalue weighted by Crippen LogP contribution is -2.51. The minimum atomic E-state index is -0.716. The Kier molecular flexibility index (Phi) is 8.33. The average molecular weight is 320 g/mol. The molecule has 0 radical (unpaired) electrons. The zero-order valence-corrected chi connectivity index (χ0v) is 14.2. The van der Waals surface area contributed by atoms with E-state index in [2.05, 4.69) is 5.32 Å². The van der Waals surface area contributed by atoms with E-state index in [-0.39, 0.29) is 11.8 Å². The number of esters is 1. The number of hydrogen-bond acceptors (Lipinski definition) is 4. The summed E-state index contributed by atoms with van der Waals surface area (Å²) in [6, 6.07) is 8.18. The molecule has 0 aliphatic carbocycles. The Morgan fingerprint density at radius 3 is 2.43 bits per heavy atom. The summed E-state index contributed by atoms with van der Waals surface area (Å²) in [6.45, 7) is 6.14. The smallest absolute Gasteiger partial charge is 0.328 e. The summed E-state index contributed by atoms with van der Waals surface area (Å²) < 4.78 is 5.26. The van der Waals surface area contributed by atoms with Crippen molar-refractivity contribution in [3.63, 3.8) is 0 Å². The molecule has 0 aromatic heterocycles. The SMILES string of the molecule is CCCCOC(=O)[C@H](Cc1ccccc1)NC(=O)[C@@H](N)C(C)C. The predicted octanol–water partition coefficient (Wildman–Crippen LogP) is 2.04. The van der Waals surface area contributed by atoms with Crippen molar-refractivity contribution in [1.82, 2.24) is 5.32 Å². The molecule has 2 atom stereocenters.